The van der Waals surface area contributed by atoms with Crippen LogP contribution in [0.5, 0.6) is 17.2 Å². The molecule has 0 radical (unpaired) electrons. The molecule has 0 saturated carbocycles. The summed E-state index contributed by atoms with van der Waals surface area (Å²) in [6.07, 6.45) is -7.93. The molecule has 0 amide bonds. The fourth-order valence-corrected chi connectivity index (χ4v) is 2.77. The van der Waals surface area contributed by atoms with E-state index in [0.717, 1.165) is 0 Å². The number of aliphatic hydroxyl groups excluding tert-OH is 4. The molecule has 1 aliphatic rings. The van der Waals surface area contributed by atoms with Crippen molar-refractivity contribution in [2.75, 3.05) is 6.61 Å². The van der Waals surface area contributed by atoms with Crippen molar-refractivity contribution >= 4 is 16.9 Å². The first-order valence-corrected chi connectivity index (χ1v) is 8.18. The summed E-state index contributed by atoms with van der Waals surface area (Å²) in [6, 6.07) is 3.90. The van der Waals surface area contributed by atoms with Crippen LogP contribution in [0.1, 0.15) is 6.92 Å². The van der Waals surface area contributed by atoms with Crippen molar-refractivity contribution in [3.63, 3.8) is 0 Å². The molecule has 5 N–H and O–H groups in total. The van der Waals surface area contributed by atoms with Crippen LogP contribution < -0.4 is 15.1 Å². The Labute approximate surface area is 156 Å². The van der Waals surface area contributed by atoms with Crippen molar-refractivity contribution in [2.45, 2.75) is 37.6 Å². The highest BCUT2D eigenvalue weighted by Crippen LogP contribution is 2.36. The summed E-state index contributed by atoms with van der Waals surface area (Å²) in [5, 5.41) is 49.1. The number of fused-ring (bicyclic) bond motifs is 1. The monoisotopic (exact) mass is 398 g/mol. The van der Waals surface area contributed by atoms with Crippen molar-refractivity contribution in [3.8, 4) is 17.2 Å². The molecule has 0 aliphatic carbocycles. The van der Waals surface area contributed by atoms with Gasteiger partial charge in [0.25, 0.3) is 0 Å². The largest absolute Gasteiger partial charge is 0.499 e. The lowest BCUT2D eigenvalue weighted by molar-refractivity contribution is -0.277. The highest BCUT2D eigenvalue weighted by molar-refractivity contribution is 5.87. The van der Waals surface area contributed by atoms with Gasteiger partial charge in [0.2, 0.25) is 12.0 Å². The number of esters is 1. The highest BCUT2D eigenvalue weighted by atomic mass is 16.7. The molecule has 0 spiro atoms. The SMILES string of the molecule is CC(=O)Oc1ccc2c(O[C@H]3O[C@H](CO)[C@@H](O)[C@H](O)[C@@H]3O)c(O)c(=O)oc2c1. The smallest absolute Gasteiger partial charge is 0.382 e. The molecule has 1 aliphatic heterocycles. The van der Waals surface area contributed by atoms with Gasteiger partial charge in [-0.25, -0.2) is 4.79 Å². The van der Waals surface area contributed by atoms with Gasteiger partial charge in [-0.05, 0) is 12.1 Å². The minimum Gasteiger partial charge on any atom is -0.499 e. The molecule has 3 rings (SSSR count). The van der Waals surface area contributed by atoms with Crippen molar-refractivity contribution in [2.24, 2.45) is 0 Å². The second-order valence-corrected chi connectivity index (χ2v) is 6.13. The number of hydrogen-bond acceptors (Lipinski definition) is 11. The van der Waals surface area contributed by atoms with E-state index in [9.17, 15) is 35.1 Å². The van der Waals surface area contributed by atoms with Crippen LogP contribution in [0.4, 0.5) is 0 Å². The van der Waals surface area contributed by atoms with Crippen LogP contribution in [0.2, 0.25) is 0 Å². The maximum Gasteiger partial charge on any atom is 0.382 e. The molecule has 1 aromatic heterocycles. The Bertz CT molecular complexity index is 935. The van der Waals surface area contributed by atoms with E-state index in [1.165, 1.54) is 25.1 Å². The Balaban J connectivity index is 2.01. The van der Waals surface area contributed by atoms with Crippen molar-refractivity contribution < 1.29 is 49.0 Å². The predicted molar refractivity (Wildman–Crippen MR) is 89.9 cm³/mol. The fraction of sp³-hybridized carbons (Fsp3) is 0.412. The third-order valence-corrected chi connectivity index (χ3v) is 4.15. The number of carbonyl (C=O) groups excluding carboxylic acids is 1. The maximum absolute atomic E-state index is 11.9. The normalized spacial score (nSPS) is 27.5. The van der Waals surface area contributed by atoms with Gasteiger partial charge in [-0.15, -0.1) is 0 Å². The van der Waals surface area contributed by atoms with Gasteiger partial charge in [0, 0.05) is 13.0 Å². The molecular weight excluding hydrogens is 380 g/mol. The van der Waals surface area contributed by atoms with E-state index in [4.69, 9.17) is 18.6 Å². The second-order valence-electron chi connectivity index (χ2n) is 6.13. The second kappa shape index (κ2) is 7.73. The number of hydrogen-bond donors (Lipinski definition) is 5. The quantitative estimate of drug-likeness (QED) is 0.233. The maximum atomic E-state index is 11.9. The van der Waals surface area contributed by atoms with Gasteiger partial charge in [0.1, 0.15) is 35.7 Å². The predicted octanol–water partition coefficient (Wildman–Crippen LogP) is -1.40. The molecule has 1 aromatic carbocycles. The van der Waals surface area contributed by atoms with E-state index in [1.807, 2.05) is 0 Å². The molecule has 11 nitrogen and oxygen atoms in total. The van der Waals surface area contributed by atoms with Gasteiger partial charge in [0.15, 0.2) is 5.75 Å². The van der Waals surface area contributed by atoms with Crippen LogP contribution in [-0.2, 0) is 9.53 Å². The fourth-order valence-electron chi connectivity index (χ4n) is 2.77. The van der Waals surface area contributed by atoms with Crippen LogP contribution in [0.3, 0.4) is 0 Å². The van der Waals surface area contributed by atoms with E-state index in [2.05, 4.69) is 0 Å². The zero-order valence-electron chi connectivity index (χ0n) is 14.5. The first-order chi connectivity index (χ1) is 13.2. The van der Waals surface area contributed by atoms with Crippen LogP contribution in [0, 0.1) is 0 Å². The van der Waals surface area contributed by atoms with Crippen LogP contribution >= 0.6 is 0 Å². The number of rotatable bonds is 4. The first-order valence-electron chi connectivity index (χ1n) is 8.18. The van der Waals surface area contributed by atoms with Gasteiger partial charge in [-0.1, -0.05) is 0 Å². The number of ether oxygens (including phenoxy) is 3. The lowest BCUT2D eigenvalue weighted by Crippen LogP contribution is -2.60. The minimum absolute atomic E-state index is 0.0740. The number of benzene rings is 1. The van der Waals surface area contributed by atoms with Gasteiger partial charge >= 0.3 is 11.6 Å². The molecular formula is C17H18O11. The summed E-state index contributed by atoms with van der Waals surface area (Å²) in [5.41, 5.74) is -1.27. The summed E-state index contributed by atoms with van der Waals surface area (Å²) >= 11 is 0. The Hall–Kier alpha value is -2.70. The molecule has 2 aromatic rings. The van der Waals surface area contributed by atoms with Crippen molar-refractivity contribution in [1.82, 2.24) is 0 Å². The molecule has 1 saturated heterocycles. The minimum atomic E-state index is -1.75. The lowest BCUT2D eigenvalue weighted by atomic mass is 9.99. The molecule has 0 bridgehead atoms. The van der Waals surface area contributed by atoms with E-state index in [0.29, 0.717) is 0 Å². The van der Waals surface area contributed by atoms with Gasteiger partial charge < -0.3 is 44.2 Å². The molecule has 5 atom stereocenters. The molecule has 2 heterocycles. The Morgan fingerprint density at radius 2 is 1.89 bits per heavy atom. The zero-order valence-corrected chi connectivity index (χ0v) is 14.5. The van der Waals surface area contributed by atoms with E-state index in [-0.39, 0.29) is 16.7 Å². The molecule has 11 heteroatoms. The Morgan fingerprint density at radius 3 is 2.54 bits per heavy atom. The van der Waals surface area contributed by atoms with Gasteiger partial charge in [0.05, 0.1) is 12.0 Å². The molecule has 152 valence electrons. The highest BCUT2D eigenvalue weighted by Gasteiger charge is 2.45. The summed E-state index contributed by atoms with van der Waals surface area (Å²) in [7, 11) is 0. The van der Waals surface area contributed by atoms with Crippen LogP contribution in [0.25, 0.3) is 11.0 Å². The summed E-state index contributed by atoms with van der Waals surface area (Å²) < 4.78 is 20.4. The number of aliphatic hydroxyl groups is 4. The summed E-state index contributed by atoms with van der Waals surface area (Å²) in [5.74, 6) is -1.87. The third-order valence-electron chi connectivity index (χ3n) is 4.15. The topological polar surface area (TPSA) is 176 Å². The first kappa shape index (κ1) is 20.0. The van der Waals surface area contributed by atoms with Crippen LogP contribution in [-0.4, -0.2) is 68.8 Å². The summed E-state index contributed by atoms with van der Waals surface area (Å²) in [6.45, 7) is 0.505. The average molecular weight is 398 g/mol. The third kappa shape index (κ3) is 3.66. The molecule has 28 heavy (non-hydrogen) atoms. The lowest BCUT2D eigenvalue weighted by Gasteiger charge is -2.39. The molecule has 1 fully saturated rings. The standard InChI is InChI=1S/C17H18O11/c1-6(19)25-7-2-3-8-9(4-7)26-16(24)14(23)15(8)28-17-13(22)12(21)11(20)10(5-18)27-17/h2-4,10-13,17-18,20-23H,5H2,1H3/t10-,11-,12+,13+,17-/m1/s1. The number of carbonyl (C=O) groups is 1. The van der Waals surface area contributed by atoms with Gasteiger partial charge in [-0.2, -0.15) is 0 Å². The van der Waals surface area contributed by atoms with Gasteiger partial charge in [-0.3, -0.25) is 4.79 Å². The van der Waals surface area contributed by atoms with Crippen LogP contribution in [0.15, 0.2) is 27.4 Å². The van der Waals surface area contributed by atoms with Crippen molar-refractivity contribution in [3.05, 3.63) is 28.6 Å². The Kier molecular flexibility index (Phi) is 5.54. The van der Waals surface area contributed by atoms with E-state index in [1.54, 1.807) is 0 Å². The Morgan fingerprint density at radius 1 is 1.18 bits per heavy atom. The number of aromatic hydroxyl groups is 1. The molecule has 0 unspecified atom stereocenters. The summed E-state index contributed by atoms with van der Waals surface area (Å²) in [4.78, 5) is 23.0. The zero-order chi connectivity index (χ0) is 20.6. The van der Waals surface area contributed by atoms with E-state index < -0.39 is 60.4 Å². The average Bonchev–Trinajstić information content (AvgIpc) is 2.64. The van der Waals surface area contributed by atoms with Crippen molar-refractivity contribution in [1.29, 1.82) is 0 Å². The van der Waals surface area contributed by atoms with E-state index >= 15 is 0 Å².